The average Bonchev–Trinajstić information content (AvgIpc) is 3.16. The van der Waals surface area contributed by atoms with Gasteiger partial charge in [0.25, 0.3) is 0 Å². The highest BCUT2D eigenvalue weighted by atomic mass is 31.1. The van der Waals surface area contributed by atoms with Gasteiger partial charge in [-0.1, -0.05) is 41.6 Å². The van der Waals surface area contributed by atoms with Crippen molar-refractivity contribution in [2.75, 3.05) is 0 Å². The maximum absolute atomic E-state index is 11.0. The van der Waals surface area contributed by atoms with E-state index in [-0.39, 0.29) is 6.16 Å². The zero-order chi connectivity index (χ0) is 20.5. The number of hydrogen-bond donors (Lipinski definition) is 1. The monoisotopic (exact) mass is 416 g/mol. The lowest BCUT2D eigenvalue weighted by molar-refractivity contribution is 0.502. The first kappa shape index (κ1) is 18.5. The van der Waals surface area contributed by atoms with Crippen molar-refractivity contribution in [3.63, 3.8) is 0 Å². The third-order valence-electron chi connectivity index (χ3n) is 4.83. The van der Waals surface area contributed by atoms with E-state index in [2.05, 4.69) is 26.3 Å². The number of nitrogens with zero attached hydrogens (tertiary/aromatic N) is 6. The lowest BCUT2D eigenvalue weighted by Gasteiger charge is -2.06. The minimum Gasteiger partial charge on any atom is -0.346 e. The fraction of sp³-hybridized carbons (Fsp3) is 0.0952. The van der Waals surface area contributed by atoms with Crippen LogP contribution in [0.4, 0.5) is 0 Å². The number of aromatic nitrogens is 6. The maximum atomic E-state index is 11.0. The summed E-state index contributed by atoms with van der Waals surface area (Å²) in [6, 6.07) is 17.5. The zero-order valence-corrected chi connectivity index (χ0v) is 16.8. The molecule has 0 aliphatic rings. The van der Waals surface area contributed by atoms with Gasteiger partial charge in [-0.25, -0.2) is 14.6 Å². The van der Waals surface area contributed by atoms with Crippen molar-refractivity contribution in [3.8, 4) is 11.3 Å². The van der Waals surface area contributed by atoms with Crippen LogP contribution in [0.15, 0.2) is 67.0 Å². The molecule has 1 atom stereocenters. The standard InChI is InChI=1S/C21H17N6O2P/c28-30(29)13-14-3-6-16(7-4-14)19-11-23-20-21(24-19)27(26-25-20)12-15-5-8-18-17(10-15)2-1-9-22-18/h1-11,30H,12-13H2,(H,28,29). The first-order valence-electron chi connectivity index (χ1n) is 9.37. The zero-order valence-electron chi connectivity index (χ0n) is 15.8. The summed E-state index contributed by atoms with van der Waals surface area (Å²) in [4.78, 5) is 22.6. The van der Waals surface area contributed by atoms with E-state index in [0.29, 0.717) is 23.5 Å². The molecule has 0 saturated carbocycles. The molecule has 5 aromatic rings. The van der Waals surface area contributed by atoms with Crippen molar-refractivity contribution in [1.82, 2.24) is 29.9 Å². The Morgan fingerprint density at radius 2 is 1.83 bits per heavy atom. The van der Waals surface area contributed by atoms with Gasteiger partial charge < -0.3 is 4.89 Å². The van der Waals surface area contributed by atoms with Crippen LogP contribution < -0.4 is 0 Å². The Morgan fingerprint density at radius 1 is 1.00 bits per heavy atom. The second-order valence-electron chi connectivity index (χ2n) is 6.95. The molecule has 148 valence electrons. The Kier molecular flexibility index (Phi) is 4.78. The van der Waals surface area contributed by atoms with Crippen LogP contribution in [-0.2, 0) is 17.3 Å². The van der Waals surface area contributed by atoms with E-state index in [1.54, 1.807) is 17.1 Å². The van der Waals surface area contributed by atoms with E-state index in [4.69, 9.17) is 9.88 Å². The Labute approximate surface area is 172 Å². The molecule has 0 bridgehead atoms. The molecule has 0 spiro atoms. The predicted octanol–water partition coefficient (Wildman–Crippen LogP) is 3.45. The van der Waals surface area contributed by atoms with Crippen LogP contribution in [0.25, 0.3) is 33.5 Å². The second kappa shape index (κ2) is 7.74. The Balaban J connectivity index is 1.47. The topological polar surface area (TPSA) is 107 Å². The SMILES string of the molecule is O=[PH](O)Cc1ccc(-c2cnc3nnn(Cc4ccc5ncccc5c4)c3n2)cc1. The molecule has 1 unspecified atom stereocenters. The van der Waals surface area contributed by atoms with Crippen LogP contribution >= 0.6 is 8.03 Å². The van der Waals surface area contributed by atoms with Crippen LogP contribution in [0, 0.1) is 0 Å². The fourth-order valence-corrected chi connectivity index (χ4v) is 3.95. The third-order valence-corrected chi connectivity index (χ3v) is 5.54. The summed E-state index contributed by atoms with van der Waals surface area (Å²) in [5.74, 6) is 0. The number of rotatable bonds is 5. The van der Waals surface area contributed by atoms with Gasteiger partial charge in [-0.3, -0.25) is 9.55 Å². The van der Waals surface area contributed by atoms with E-state index in [9.17, 15) is 4.57 Å². The van der Waals surface area contributed by atoms with Gasteiger partial charge >= 0.3 is 0 Å². The van der Waals surface area contributed by atoms with Crippen LogP contribution in [0.1, 0.15) is 11.1 Å². The molecular weight excluding hydrogens is 399 g/mol. The first-order valence-corrected chi connectivity index (χ1v) is 10.9. The molecule has 9 heteroatoms. The Hall–Kier alpha value is -3.48. The molecule has 0 aliphatic heterocycles. The fourth-order valence-electron chi connectivity index (χ4n) is 3.37. The molecule has 0 fully saturated rings. The van der Waals surface area contributed by atoms with Gasteiger partial charge in [0.15, 0.2) is 13.7 Å². The van der Waals surface area contributed by atoms with E-state index >= 15 is 0 Å². The Morgan fingerprint density at radius 3 is 2.67 bits per heavy atom. The van der Waals surface area contributed by atoms with E-state index in [0.717, 1.165) is 27.6 Å². The lowest BCUT2D eigenvalue weighted by Crippen LogP contribution is -2.03. The van der Waals surface area contributed by atoms with Crippen molar-refractivity contribution in [1.29, 1.82) is 0 Å². The molecule has 3 heterocycles. The van der Waals surface area contributed by atoms with Crippen molar-refractivity contribution < 1.29 is 9.46 Å². The summed E-state index contributed by atoms with van der Waals surface area (Å²) in [6.45, 7) is 0.517. The summed E-state index contributed by atoms with van der Waals surface area (Å²) in [5.41, 5.74) is 5.48. The number of benzene rings is 2. The van der Waals surface area contributed by atoms with Gasteiger partial charge in [-0.05, 0) is 29.3 Å². The molecule has 5 rings (SSSR count). The largest absolute Gasteiger partial charge is 0.346 e. The molecule has 0 aliphatic carbocycles. The van der Waals surface area contributed by atoms with Crippen molar-refractivity contribution in [2.24, 2.45) is 0 Å². The van der Waals surface area contributed by atoms with Crippen LogP contribution in [0.3, 0.4) is 0 Å². The molecule has 3 aromatic heterocycles. The highest BCUT2D eigenvalue weighted by Gasteiger charge is 2.11. The van der Waals surface area contributed by atoms with E-state index < -0.39 is 8.03 Å². The number of fused-ring (bicyclic) bond motifs is 2. The van der Waals surface area contributed by atoms with Gasteiger partial charge in [-0.2, -0.15) is 0 Å². The molecular formula is C21H17N6O2P. The van der Waals surface area contributed by atoms with E-state index in [1.165, 1.54) is 0 Å². The van der Waals surface area contributed by atoms with Crippen LogP contribution in [0.2, 0.25) is 0 Å². The van der Waals surface area contributed by atoms with Crippen molar-refractivity contribution in [2.45, 2.75) is 12.7 Å². The molecule has 30 heavy (non-hydrogen) atoms. The Bertz CT molecular complexity index is 1380. The molecule has 0 saturated heterocycles. The van der Waals surface area contributed by atoms with Crippen molar-refractivity contribution >= 4 is 30.2 Å². The summed E-state index contributed by atoms with van der Waals surface area (Å²) < 4.78 is 12.8. The van der Waals surface area contributed by atoms with Gasteiger partial charge in [0.05, 0.1) is 24.0 Å². The normalized spacial score (nSPS) is 12.4. The molecule has 0 amide bonds. The predicted molar refractivity (Wildman–Crippen MR) is 114 cm³/mol. The summed E-state index contributed by atoms with van der Waals surface area (Å²) >= 11 is 0. The average molecular weight is 416 g/mol. The highest BCUT2D eigenvalue weighted by Crippen LogP contribution is 2.24. The molecule has 0 radical (unpaired) electrons. The van der Waals surface area contributed by atoms with Gasteiger partial charge in [-0.15, -0.1) is 5.10 Å². The minimum absolute atomic E-state index is 0.174. The van der Waals surface area contributed by atoms with Gasteiger partial charge in [0.1, 0.15) is 0 Å². The quantitative estimate of drug-likeness (QED) is 0.437. The molecule has 1 N–H and O–H groups in total. The molecule has 8 nitrogen and oxygen atoms in total. The summed E-state index contributed by atoms with van der Waals surface area (Å²) in [5, 5.41) is 9.41. The summed E-state index contributed by atoms with van der Waals surface area (Å²) in [6.07, 6.45) is 3.61. The highest BCUT2D eigenvalue weighted by molar-refractivity contribution is 7.37. The molecule has 2 aromatic carbocycles. The minimum atomic E-state index is -2.54. The number of hydrogen-bond acceptors (Lipinski definition) is 6. The van der Waals surface area contributed by atoms with Gasteiger partial charge in [0.2, 0.25) is 5.65 Å². The summed E-state index contributed by atoms with van der Waals surface area (Å²) in [7, 11) is -2.54. The smallest absolute Gasteiger partial charge is 0.221 e. The van der Waals surface area contributed by atoms with Crippen molar-refractivity contribution in [3.05, 3.63) is 78.1 Å². The number of pyridine rings is 1. The first-order chi connectivity index (χ1) is 14.7. The van der Waals surface area contributed by atoms with E-state index in [1.807, 2.05) is 48.5 Å². The third kappa shape index (κ3) is 3.70. The second-order valence-corrected chi connectivity index (χ2v) is 8.09. The maximum Gasteiger partial charge on any atom is 0.221 e. The van der Waals surface area contributed by atoms with Crippen LogP contribution in [-0.4, -0.2) is 34.8 Å². The van der Waals surface area contributed by atoms with Crippen LogP contribution in [0.5, 0.6) is 0 Å². The van der Waals surface area contributed by atoms with Gasteiger partial charge in [0, 0.05) is 23.3 Å². The lowest BCUT2D eigenvalue weighted by atomic mass is 10.1.